The quantitative estimate of drug-likeness (QED) is 0.548. The van der Waals surface area contributed by atoms with Crippen molar-refractivity contribution < 1.29 is 9.31 Å². The zero-order chi connectivity index (χ0) is 9.23. The van der Waals surface area contributed by atoms with Crippen LogP contribution in [0.3, 0.4) is 0 Å². The van der Waals surface area contributed by atoms with Gasteiger partial charge in [-0.25, -0.2) is 0 Å². The van der Waals surface area contributed by atoms with E-state index in [0.717, 1.165) is 31.8 Å². The maximum atomic E-state index is 5.47. The fraction of sp³-hybridized carbons (Fsp3) is 1.00. The van der Waals surface area contributed by atoms with Gasteiger partial charge in [0.15, 0.2) is 0 Å². The van der Waals surface area contributed by atoms with Gasteiger partial charge in [-0.2, -0.15) is 0 Å². The van der Waals surface area contributed by atoms with Gasteiger partial charge in [0.2, 0.25) is 0 Å². The molecule has 0 N–H and O–H groups in total. The molecule has 0 fully saturated rings. The summed E-state index contributed by atoms with van der Waals surface area (Å²) in [5, 5.41) is 0. The Balaban J connectivity index is 3.40. The third kappa shape index (κ3) is 7.01. The van der Waals surface area contributed by atoms with Gasteiger partial charge in [0.1, 0.15) is 0 Å². The minimum Gasteiger partial charge on any atom is -0.402 e. The molecule has 0 amide bonds. The Morgan fingerprint density at radius 3 is 1.83 bits per heavy atom. The predicted molar refractivity (Wildman–Crippen MR) is 56.4 cm³/mol. The van der Waals surface area contributed by atoms with E-state index in [1.54, 1.807) is 11.6 Å². The molecule has 12 heavy (non-hydrogen) atoms. The van der Waals surface area contributed by atoms with Crippen LogP contribution >= 0.6 is 11.6 Å². The van der Waals surface area contributed by atoms with Crippen molar-refractivity contribution in [1.29, 1.82) is 0 Å². The van der Waals surface area contributed by atoms with E-state index in [9.17, 15) is 0 Å². The molecular formula is C8H19BO2S. The third-order valence-electron chi connectivity index (χ3n) is 1.22. The van der Waals surface area contributed by atoms with Crippen molar-refractivity contribution in [3.63, 3.8) is 0 Å². The highest BCUT2D eigenvalue weighted by Gasteiger charge is 2.16. The molecule has 0 aliphatic carbocycles. The number of hydrogen-bond acceptors (Lipinski definition) is 3. The van der Waals surface area contributed by atoms with Crippen molar-refractivity contribution in [3.05, 3.63) is 0 Å². The highest BCUT2D eigenvalue weighted by atomic mass is 32.2. The van der Waals surface area contributed by atoms with E-state index in [1.807, 2.05) is 0 Å². The summed E-state index contributed by atoms with van der Waals surface area (Å²) in [7, 11) is 0. The standard InChI is InChI=1S/C8H19BO2S/c1-4-7-10-9(12-6-3)11-8-5-2/h4-8H2,1-3H3. The Bertz CT molecular complexity index is 85.1. The van der Waals surface area contributed by atoms with Crippen LogP contribution in [0.25, 0.3) is 0 Å². The van der Waals surface area contributed by atoms with Crippen LogP contribution in [-0.4, -0.2) is 25.4 Å². The molecule has 0 aliphatic heterocycles. The van der Waals surface area contributed by atoms with Gasteiger partial charge in [-0.15, -0.1) is 11.6 Å². The Kier molecular flexibility index (Phi) is 9.69. The first kappa shape index (κ1) is 12.3. The van der Waals surface area contributed by atoms with Gasteiger partial charge in [-0.05, 0) is 18.6 Å². The lowest BCUT2D eigenvalue weighted by molar-refractivity contribution is 0.215. The van der Waals surface area contributed by atoms with Crippen LogP contribution in [0.2, 0.25) is 0 Å². The van der Waals surface area contributed by atoms with Crippen LogP contribution in [0.15, 0.2) is 0 Å². The molecule has 0 aromatic carbocycles. The van der Waals surface area contributed by atoms with Crippen molar-refractivity contribution in [1.82, 2.24) is 0 Å². The lowest BCUT2D eigenvalue weighted by Crippen LogP contribution is -2.20. The first-order valence-electron chi connectivity index (χ1n) is 4.69. The van der Waals surface area contributed by atoms with Crippen LogP contribution in [-0.2, 0) is 9.31 Å². The van der Waals surface area contributed by atoms with E-state index < -0.39 is 0 Å². The summed E-state index contributed by atoms with van der Waals surface area (Å²) in [6, 6.07) is 0. The maximum absolute atomic E-state index is 5.47. The fourth-order valence-corrected chi connectivity index (χ4v) is 1.37. The highest BCUT2D eigenvalue weighted by molar-refractivity contribution is 8.24. The Labute approximate surface area is 80.4 Å². The zero-order valence-corrected chi connectivity index (χ0v) is 9.15. The average Bonchev–Trinajstić information content (AvgIpc) is 2.10. The summed E-state index contributed by atoms with van der Waals surface area (Å²) >= 11 is 1.71. The lowest BCUT2D eigenvalue weighted by atomic mass is 10.3. The van der Waals surface area contributed by atoms with E-state index in [2.05, 4.69) is 20.8 Å². The molecule has 2 nitrogen and oxygen atoms in total. The first-order chi connectivity index (χ1) is 5.85. The topological polar surface area (TPSA) is 18.5 Å². The summed E-state index contributed by atoms with van der Waals surface area (Å²) in [5.74, 6) is 1.04. The van der Waals surface area contributed by atoms with Crippen molar-refractivity contribution in [2.45, 2.75) is 33.6 Å². The number of hydrogen-bond donors (Lipinski definition) is 0. The van der Waals surface area contributed by atoms with Crippen molar-refractivity contribution in [2.75, 3.05) is 19.0 Å². The minimum absolute atomic E-state index is 0.0464. The van der Waals surface area contributed by atoms with Crippen molar-refractivity contribution >= 4 is 18.0 Å². The summed E-state index contributed by atoms with van der Waals surface area (Å²) in [4.78, 5) is 0. The first-order valence-corrected chi connectivity index (χ1v) is 5.74. The van der Waals surface area contributed by atoms with Gasteiger partial charge in [-0.1, -0.05) is 20.8 Å². The van der Waals surface area contributed by atoms with Crippen LogP contribution in [0.4, 0.5) is 0 Å². The van der Waals surface area contributed by atoms with Crippen LogP contribution in [0.5, 0.6) is 0 Å². The van der Waals surface area contributed by atoms with Gasteiger partial charge >= 0.3 is 6.40 Å². The molecule has 0 aliphatic rings. The summed E-state index contributed by atoms with van der Waals surface area (Å²) in [5.41, 5.74) is 0. The molecule has 0 rings (SSSR count). The van der Waals surface area contributed by atoms with Gasteiger partial charge in [0, 0.05) is 13.2 Å². The Morgan fingerprint density at radius 1 is 1.00 bits per heavy atom. The number of rotatable bonds is 8. The van der Waals surface area contributed by atoms with Crippen LogP contribution < -0.4 is 0 Å². The van der Waals surface area contributed by atoms with E-state index in [4.69, 9.17) is 9.31 Å². The molecule has 0 unspecified atom stereocenters. The lowest BCUT2D eigenvalue weighted by Gasteiger charge is -2.11. The van der Waals surface area contributed by atoms with Gasteiger partial charge in [-0.3, -0.25) is 0 Å². The second-order valence-electron chi connectivity index (χ2n) is 2.49. The molecule has 0 saturated heterocycles. The molecule has 0 aromatic heterocycles. The Morgan fingerprint density at radius 2 is 1.50 bits per heavy atom. The van der Waals surface area contributed by atoms with Gasteiger partial charge in [0.25, 0.3) is 0 Å². The monoisotopic (exact) mass is 190 g/mol. The summed E-state index contributed by atoms with van der Waals surface area (Å²) < 4.78 is 10.9. The molecule has 4 heteroatoms. The molecule has 0 atom stereocenters. The summed E-state index contributed by atoms with van der Waals surface area (Å²) in [6.45, 7) is 7.91. The predicted octanol–water partition coefficient (Wildman–Crippen LogP) is 2.58. The molecule has 0 heterocycles. The van der Waals surface area contributed by atoms with E-state index >= 15 is 0 Å². The van der Waals surface area contributed by atoms with Gasteiger partial charge < -0.3 is 9.31 Å². The second kappa shape index (κ2) is 9.42. The van der Waals surface area contributed by atoms with E-state index in [-0.39, 0.29) is 6.40 Å². The fourth-order valence-electron chi connectivity index (χ4n) is 0.709. The zero-order valence-electron chi connectivity index (χ0n) is 8.34. The van der Waals surface area contributed by atoms with Crippen molar-refractivity contribution in [3.8, 4) is 0 Å². The van der Waals surface area contributed by atoms with E-state index in [0.29, 0.717) is 0 Å². The molecule has 0 saturated carbocycles. The average molecular weight is 190 g/mol. The molecule has 0 radical (unpaired) electrons. The normalized spacial score (nSPS) is 10.2. The van der Waals surface area contributed by atoms with Crippen LogP contribution in [0.1, 0.15) is 33.6 Å². The highest BCUT2D eigenvalue weighted by Crippen LogP contribution is 2.09. The Hall–Kier alpha value is 0.335. The molecule has 0 bridgehead atoms. The summed E-state index contributed by atoms with van der Waals surface area (Å²) in [6.07, 6.45) is 2.06. The smallest absolute Gasteiger partial charge is 0.402 e. The SMILES string of the molecule is CCCOB(OCCC)SCC. The van der Waals surface area contributed by atoms with Crippen molar-refractivity contribution in [2.24, 2.45) is 0 Å². The molecule has 72 valence electrons. The third-order valence-corrected chi connectivity index (χ3v) is 2.10. The van der Waals surface area contributed by atoms with Crippen LogP contribution in [0, 0.1) is 0 Å². The molecular weight excluding hydrogens is 171 g/mol. The minimum atomic E-state index is -0.0464. The second-order valence-corrected chi connectivity index (χ2v) is 3.78. The largest absolute Gasteiger partial charge is 0.531 e. The maximum Gasteiger partial charge on any atom is 0.531 e. The molecule has 0 spiro atoms. The molecule has 0 aromatic rings. The van der Waals surface area contributed by atoms with E-state index in [1.165, 1.54) is 0 Å². The van der Waals surface area contributed by atoms with Gasteiger partial charge in [0.05, 0.1) is 0 Å².